The first-order valence-corrected chi connectivity index (χ1v) is 4.87. The quantitative estimate of drug-likeness (QED) is 0.751. The molecule has 2 rings (SSSR count). The molecular formula is C12H11NO2. The number of nitriles is 1. The molecule has 3 nitrogen and oxygen atoms in total. The molecule has 0 heterocycles. The van der Waals surface area contributed by atoms with Crippen molar-refractivity contribution in [3.8, 4) is 6.07 Å². The second-order valence-corrected chi connectivity index (χ2v) is 3.93. The van der Waals surface area contributed by atoms with Gasteiger partial charge in [-0.15, -0.1) is 0 Å². The molecule has 0 radical (unpaired) electrons. The fourth-order valence-corrected chi connectivity index (χ4v) is 2.17. The molecule has 0 aliphatic heterocycles. The van der Waals surface area contributed by atoms with E-state index in [1.54, 1.807) is 6.07 Å². The fraction of sp³-hybridized carbons (Fsp3) is 0.333. The number of hydrogen-bond donors (Lipinski definition) is 1. The van der Waals surface area contributed by atoms with Crippen molar-refractivity contribution in [1.82, 2.24) is 0 Å². The van der Waals surface area contributed by atoms with Gasteiger partial charge in [0.25, 0.3) is 0 Å². The Morgan fingerprint density at radius 1 is 1.53 bits per heavy atom. The van der Waals surface area contributed by atoms with E-state index in [1.807, 2.05) is 13.0 Å². The predicted octanol–water partition coefficient (Wildman–Crippen LogP) is 1.67. The van der Waals surface area contributed by atoms with Crippen molar-refractivity contribution in [2.45, 2.75) is 19.8 Å². The summed E-state index contributed by atoms with van der Waals surface area (Å²) >= 11 is 0. The number of carboxylic acid groups (broad SMARTS) is 1. The standard InChI is InChI=1S/C12H11NO2/c1-7-9(6-13)3-2-8-4-10(12(14)15)5-11(7)8/h2-3,10H,4-5H2,1H3,(H,14,15)/t10-/m0/s1. The van der Waals surface area contributed by atoms with Gasteiger partial charge in [-0.05, 0) is 42.5 Å². The lowest BCUT2D eigenvalue weighted by Gasteiger charge is -2.04. The molecule has 1 aromatic carbocycles. The van der Waals surface area contributed by atoms with Crippen LogP contribution in [0.1, 0.15) is 22.3 Å². The molecule has 0 bridgehead atoms. The van der Waals surface area contributed by atoms with Gasteiger partial charge in [-0.3, -0.25) is 4.79 Å². The Morgan fingerprint density at radius 2 is 2.27 bits per heavy atom. The highest BCUT2D eigenvalue weighted by Gasteiger charge is 2.28. The van der Waals surface area contributed by atoms with Crippen LogP contribution in [-0.4, -0.2) is 11.1 Å². The van der Waals surface area contributed by atoms with Gasteiger partial charge in [0.15, 0.2) is 0 Å². The molecule has 0 unspecified atom stereocenters. The van der Waals surface area contributed by atoms with E-state index < -0.39 is 5.97 Å². The smallest absolute Gasteiger partial charge is 0.307 e. The molecule has 15 heavy (non-hydrogen) atoms. The second-order valence-electron chi connectivity index (χ2n) is 3.93. The van der Waals surface area contributed by atoms with Crippen molar-refractivity contribution in [2.24, 2.45) is 5.92 Å². The number of carboxylic acids is 1. The molecule has 0 saturated heterocycles. The summed E-state index contributed by atoms with van der Waals surface area (Å²) in [4.78, 5) is 10.9. The average Bonchev–Trinajstić information content (AvgIpc) is 2.63. The van der Waals surface area contributed by atoms with Crippen molar-refractivity contribution in [3.63, 3.8) is 0 Å². The summed E-state index contributed by atoms with van der Waals surface area (Å²) in [5.41, 5.74) is 3.74. The van der Waals surface area contributed by atoms with E-state index in [0.29, 0.717) is 18.4 Å². The van der Waals surface area contributed by atoms with Crippen LogP contribution in [0.25, 0.3) is 0 Å². The first-order chi connectivity index (χ1) is 7.13. The van der Waals surface area contributed by atoms with E-state index in [1.165, 1.54) is 0 Å². The Kier molecular flexibility index (Phi) is 2.20. The highest BCUT2D eigenvalue weighted by molar-refractivity contribution is 5.72. The number of rotatable bonds is 1. The maximum absolute atomic E-state index is 10.9. The van der Waals surface area contributed by atoms with Crippen molar-refractivity contribution in [3.05, 3.63) is 34.4 Å². The zero-order valence-electron chi connectivity index (χ0n) is 8.45. The maximum atomic E-state index is 10.9. The maximum Gasteiger partial charge on any atom is 0.307 e. The lowest BCUT2D eigenvalue weighted by atomic mass is 9.99. The van der Waals surface area contributed by atoms with Crippen molar-refractivity contribution in [2.75, 3.05) is 0 Å². The Labute approximate surface area is 88.0 Å². The summed E-state index contributed by atoms with van der Waals surface area (Å²) in [6.45, 7) is 1.89. The van der Waals surface area contributed by atoms with Crippen molar-refractivity contribution < 1.29 is 9.90 Å². The lowest BCUT2D eigenvalue weighted by Crippen LogP contribution is -2.13. The van der Waals surface area contributed by atoms with Gasteiger partial charge in [0.2, 0.25) is 0 Å². The third-order valence-corrected chi connectivity index (χ3v) is 3.08. The number of aliphatic carboxylic acids is 1. The van der Waals surface area contributed by atoms with Crippen LogP contribution in [0.4, 0.5) is 0 Å². The highest BCUT2D eigenvalue weighted by Crippen LogP contribution is 2.30. The molecule has 0 amide bonds. The normalized spacial score (nSPS) is 18.3. The molecule has 0 aromatic heterocycles. The van der Waals surface area contributed by atoms with Crippen molar-refractivity contribution in [1.29, 1.82) is 5.26 Å². The van der Waals surface area contributed by atoms with Gasteiger partial charge >= 0.3 is 5.97 Å². The molecule has 3 heteroatoms. The zero-order chi connectivity index (χ0) is 11.0. The van der Waals surface area contributed by atoms with Crippen LogP contribution in [0.5, 0.6) is 0 Å². The van der Waals surface area contributed by atoms with Crippen LogP contribution in [0.15, 0.2) is 12.1 Å². The number of nitrogens with zero attached hydrogens (tertiary/aromatic N) is 1. The molecule has 1 atom stereocenters. The summed E-state index contributed by atoms with van der Waals surface area (Å²) in [6, 6.07) is 5.78. The second kappa shape index (κ2) is 3.39. The van der Waals surface area contributed by atoms with Gasteiger partial charge in [-0.1, -0.05) is 6.07 Å². The van der Waals surface area contributed by atoms with Crippen LogP contribution < -0.4 is 0 Å². The zero-order valence-corrected chi connectivity index (χ0v) is 8.45. The highest BCUT2D eigenvalue weighted by atomic mass is 16.4. The number of hydrogen-bond acceptors (Lipinski definition) is 2. The molecule has 1 aromatic rings. The largest absolute Gasteiger partial charge is 0.481 e. The minimum absolute atomic E-state index is 0.312. The summed E-state index contributed by atoms with van der Waals surface area (Å²) in [7, 11) is 0. The third kappa shape index (κ3) is 1.48. The molecule has 0 spiro atoms. The van der Waals surface area contributed by atoms with Gasteiger partial charge in [0.05, 0.1) is 17.6 Å². The molecule has 76 valence electrons. The van der Waals surface area contributed by atoms with Gasteiger partial charge in [0, 0.05) is 0 Å². The number of carbonyl (C=O) groups is 1. The Bertz CT molecular complexity index is 471. The van der Waals surface area contributed by atoms with Gasteiger partial charge < -0.3 is 5.11 Å². The Balaban J connectivity index is 2.44. The Hall–Kier alpha value is -1.82. The van der Waals surface area contributed by atoms with Crippen LogP contribution in [0.3, 0.4) is 0 Å². The summed E-state index contributed by atoms with van der Waals surface area (Å²) in [5.74, 6) is -1.06. The van der Waals surface area contributed by atoms with E-state index >= 15 is 0 Å². The molecule has 1 aliphatic rings. The molecule has 0 saturated carbocycles. The average molecular weight is 201 g/mol. The van der Waals surface area contributed by atoms with Gasteiger partial charge in [-0.2, -0.15) is 5.26 Å². The first-order valence-electron chi connectivity index (χ1n) is 4.87. The van der Waals surface area contributed by atoms with E-state index in [0.717, 1.165) is 16.7 Å². The van der Waals surface area contributed by atoms with Gasteiger partial charge in [-0.25, -0.2) is 0 Å². The first kappa shape index (κ1) is 9.72. The van der Waals surface area contributed by atoms with Crippen molar-refractivity contribution >= 4 is 5.97 Å². The number of benzene rings is 1. The molecule has 0 fully saturated rings. The minimum Gasteiger partial charge on any atom is -0.481 e. The predicted molar refractivity (Wildman–Crippen MR) is 54.4 cm³/mol. The molecule has 1 aliphatic carbocycles. The molecule has 1 N–H and O–H groups in total. The van der Waals surface area contributed by atoms with Gasteiger partial charge in [0.1, 0.15) is 0 Å². The fourth-order valence-electron chi connectivity index (χ4n) is 2.17. The monoisotopic (exact) mass is 201 g/mol. The van der Waals surface area contributed by atoms with E-state index in [9.17, 15) is 4.79 Å². The summed E-state index contributed by atoms with van der Waals surface area (Å²) < 4.78 is 0. The summed E-state index contributed by atoms with van der Waals surface area (Å²) in [5, 5.41) is 17.8. The topological polar surface area (TPSA) is 61.1 Å². The van der Waals surface area contributed by atoms with E-state index in [-0.39, 0.29) is 5.92 Å². The minimum atomic E-state index is -0.746. The van der Waals surface area contributed by atoms with Crippen LogP contribution in [-0.2, 0) is 17.6 Å². The Morgan fingerprint density at radius 3 is 2.87 bits per heavy atom. The molecular weight excluding hydrogens is 190 g/mol. The van der Waals surface area contributed by atoms with E-state index in [2.05, 4.69) is 6.07 Å². The number of fused-ring (bicyclic) bond motifs is 1. The SMILES string of the molecule is Cc1c(C#N)ccc2c1C[C@@H](C(=O)O)C2. The van der Waals surface area contributed by atoms with E-state index in [4.69, 9.17) is 10.4 Å². The summed E-state index contributed by atoms with van der Waals surface area (Å²) in [6.07, 6.45) is 1.16. The van der Waals surface area contributed by atoms with Crippen LogP contribution in [0, 0.1) is 24.2 Å². The van der Waals surface area contributed by atoms with Crippen LogP contribution in [0.2, 0.25) is 0 Å². The van der Waals surface area contributed by atoms with Crippen LogP contribution >= 0.6 is 0 Å². The lowest BCUT2D eigenvalue weighted by molar-refractivity contribution is -0.141. The third-order valence-electron chi connectivity index (χ3n) is 3.08.